The van der Waals surface area contributed by atoms with Gasteiger partial charge >= 0.3 is 172 Å². The molecule has 2 aromatic heterocycles. The summed E-state index contributed by atoms with van der Waals surface area (Å²) in [6.45, 7) is 0. The average molecular weight is 431 g/mol. The summed E-state index contributed by atoms with van der Waals surface area (Å²) in [7, 11) is -2.30. The third kappa shape index (κ3) is 3.65. The number of hydrogen-bond donors (Lipinski definition) is 0. The molecule has 0 amide bonds. The summed E-state index contributed by atoms with van der Waals surface area (Å²) in [6, 6.07) is 39.2. The molecular formula is C26H24ClN2P. The van der Waals surface area contributed by atoms with Gasteiger partial charge in [0.2, 0.25) is 0 Å². The zero-order chi connectivity index (χ0) is 19.5. The molecule has 5 aromatic rings. The van der Waals surface area contributed by atoms with Crippen molar-refractivity contribution in [1.29, 1.82) is 0 Å². The van der Waals surface area contributed by atoms with E-state index in [-0.39, 0.29) is 12.4 Å². The Bertz CT molecular complexity index is 1090. The second-order valence-electron chi connectivity index (χ2n) is 7.38. The Kier molecular flexibility index (Phi) is 5.99. The molecule has 0 saturated heterocycles. The van der Waals surface area contributed by atoms with E-state index in [0.29, 0.717) is 0 Å². The van der Waals surface area contributed by atoms with E-state index in [4.69, 9.17) is 4.98 Å². The van der Waals surface area contributed by atoms with Crippen LogP contribution in [0.5, 0.6) is 0 Å². The van der Waals surface area contributed by atoms with Crippen molar-refractivity contribution in [3.8, 4) is 0 Å². The van der Waals surface area contributed by atoms with Gasteiger partial charge in [0.15, 0.2) is 0 Å². The topological polar surface area (TPSA) is 17.3 Å². The molecule has 0 atom stereocenters. The molecule has 3 aromatic carbocycles. The van der Waals surface area contributed by atoms with Crippen LogP contribution in [0.2, 0.25) is 0 Å². The molecule has 0 spiro atoms. The molecule has 0 fully saturated rings. The first kappa shape index (κ1) is 20.3. The van der Waals surface area contributed by atoms with Crippen LogP contribution in [0.25, 0.3) is 5.65 Å². The minimum absolute atomic E-state index is 0. The Morgan fingerprint density at radius 2 is 1.07 bits per heavy atom. The van der Waals surface area contributed by atoms with Crippen molar-refractivity contribution in [2.75, 3.05) is 0 Å². The quantitative estimate of drug-likeness (QED) is 0.359. The van der Waals surface area contributed by atoms with E-state index in [1.54, 1.807) is 0 Å². The van der Waals surface area contributed by atoms with Crippen molar-refractivity contribution in [1.82, 2.24) is 9.38 Å². The van der Waals surface area contributed by atoms with E-state index in [1.807, 2.05) is 6.07 Å². The first-order valence-corrected chi connectivity index (χ1v) is 12.2. The first-order chi connectivity index (χ1) is 14.4. The SMILES string of the molecule is Cl.c1ccc([PH](Cc2cn3ccccc3n2)(c2ccccc2)c2ccccc2)cc1. The molecule has 30 heavy (non-hydrogen) atoms. The van der Waals surface area contributed by atoms with Crippen molar-refractivity contribution in [2.45, 2.75) is 6.16 Å². The van der Waals surface area contributed by atoms with Gasteiger partial charge in [0, 0.05) is 0 Å². The van der Waals surface area contributed by atoms with Gasteiger partial charge in [-0.15, -0.1) is 12.4 Å². The van der Waals surface area contributed by atoms with Crippen molar-refractivity contribution >= 4 is 41.2 Å². The summed E-state index contributed by atoms with van der Waals surface area (Å²) in [5.41, 5.74) is 2.14. The maximum absolute atomic E-state index is 4.97. The molecule has 4 heteroatoms. The van der Waals surface area contributed by atoms with Gasteiger partial charge in [-0.25, -0.2) is 0 Å². The number of hydrogen-bond acceptors (Lipinski definition) is 1. The van der Waals surface area contributed by atoms with Gasteiger partial charge in [-0.05, 0) is 0 Å². The van der Waals surface area contributed by atoms with Crippen LogP contribution < -0.4 is 15.9 Å². The number of benzene rings is 3. The Labute approximate surface area is 184 Å². The number of rotatable bonds is 5. The zero-order valence-electron chi connectivity index (χ0n) is 16.6. The molecule has 5 rings (SSSR count). The Morgan fingerprint density at radius 3 is 1.53 bits per heavy atom. The van der Waals surface area contributed by atoms with Crippen molar-refractivity contribution in [3.63, 3.8) is 0 Å². The van der Waals surface area contributed by atoms with Gasteiger partial charge < -0.3 is 0 Å². The summed E-state index contributed by atoms with van der Waals surface area (Å²) < 4.78 is 2.12. The fourth-order valence-electron chi connectivity index (χ4n) is 4.32. The van der Waals surface area contributed by atoms with Gasteiger partial charge in [0.25, 0.3) is 0 Å². The standard InChI is InChI=1S/C26H23N2P.ClH/c1-4-12-23(13-5-1)29(24-14-6-2-7-15-24,25-16-8-3-9-17-25)21-22-20-28-19-11-10-18-26(28)27-22;/h1-20,29H,21H2;1H. The molecule has 150 valence electrons. The molecule has 0 N–H and O–H groups in total. The van der Waals surface area contributed by atoms with E-state index >= 15 is 0 Å². The Morgan fingerprint density at radius 1 is 0.600 bits per heavy atom. The molecule has 0 saturated carbocycles. The van der Waals surface area contributed by atoms with Gasteiger partial charge in [-0.1, -0.05) is 0 Å². The number of imidazole rings is 1. The van der Waals surface area contributed by atoms with E-state index < -0.39 is 7.26 Å². The fourth-order valence-corrected chi connectivity index (χ4v) is 8.93. The summed E-state index contributed by atoms with van der Waals surface area (Å²) in [5, 5.41) is 4.23. The van der Waals surface area contributed by atoms with Crippen molar-refractivity contribution in [2.24, 2.45) is 0 Å². The normalized spacial score (nSPS) is 11.7. The summed E-state index contributed by atoms with van der Waals surface area (Å²) in [6.07, 6.45) is 5.18. The first-order valence-electron chi connectivity index (χ1n) is 9.95. The molecule has 0 aliphatic carbocycles. The van der Waals surface area contributed by atoms with E-state index in [1.165, 1.54) is 15.9 Å². The molecule has 0 radical (unpaired) electrons. The molecular weight excluding hydrogens is 407 g/mol. The van der Waals surface area contributed by atoms with Crippen LogP contribution in [-0.2, 0) is 6.16 Å². The van der Waals surface area contributed by atoms with Crippen molar-refractivity contribution in [3.05, 3.63) is 127 Å². The molecule has 2 heterocycles. The van der Waals surface area contributed by atoms with Crippen LogP contribution >= 0.6 is 19.7 Å². The number of nitrogens with zero attached hydrogens (tertiary/aromatic N) is 2. The monoisotopic (exact) mass is 430 g/mol. The third-order valence-electron chi connectivity index (χ3n) is 5.66. The van der Waals surface area contributed by atoms with Crippen LogP contribution in [0.4, 0.5) is 0 Å². The zero-order valence-corrected chi connectivity index (χ0v) is 18.4. The van der Waals surface area contributed by atoms with Crippen LogP contribution in [0.1, 0.15) is 5.69 Å². The predicted octanol–water partition coefficient (Wildman–Crippen LogP) is 4.98. The van der Waals surface area contributed by atoms with Gasteiger partial charge in [0.05, 0.1) is 0 Å². The van der Waals surface area contributed by atoms with E-state index in [0.717, 1.165) is 17.5 Å². The molecule has 0 aliphatic heterocycles. The Balaban J connectivity index is 0.00000218. The van der Waals surface area contributed by atoms with Crippen LogP contribution in [0.15, 0.2) is 122 Å². The Hall–Kier alpha value is -2.93. The van der Waals surface area contributed by atoms with Gasteiger partial charge in [-0.2, -0.15) is 0 Å². The maximum atomic E-state index is 4.97. The summed E-state index contributed by atoms with van der Waals surface area (Å²) in [5.74, 6) is 0. The summed E-state index contributed by atoms with van der Waals surface area (Å²) >= 11 is 0. The molecule has 0 unspecified atom stereocenters. The van der Waals surface area contributed by atoms with Crippen LogP contribution in [0.3, 0.4) is 0 Å². The van der Waals surface area contributed by atoms with Gasteiger partial charge in [0.1, 0.15) is 0 Å². The summed E-state index contributed by atoms with van der Waals surface area (Å²) in [4.78, 5) is 4.97. The number of halogens is 1. The fraction of sp³-hybridized carbons (Fsp3) is 0.0385. The number of aromatic nitrogens is 2. The van der Waals surface area contributed by atoms with Gasteiger partial charge in [-0.3, -0.25) is 0 Å². The van der Waals surface area contributed by atoms with E-state index in [9.17, 15) is 0 Å². The molecule has 0 aliphatic rings. The van der Waals surface area contributed by atoms with Crippen LogP contribution in [0, 0.1) is 0 Å². The minimum atomic E-state index is -2.30. The third-order valence-corrected chi connectivity index (χ3v) is 10.5. The van der Waals surface area contributed by atoms with Crippen LogP contribution in [-0.4, -0.2) is 9.38 Å². The van der Waals surface area contributed by atoms with E-state index in [2.05, 4.69) is 120 Å². The second-order valence-corrected chi connectivity index (χ2v) is 11.3. The number of pyridine rings is 1. The number of fused-ring (bicyclic) bond motifs is 1. The molecule has 0 bridgehead atoms. The predicted molar refractivity (Wildman–Crippen MR) is 133 cm³/mol. The molecule has 2 nitrogen and oxygen atoms in total. The second kappa shape index (κ2) is 8.83. The average Bonchev–Trinajstić information content (AvgIpc) is 3.22. The van der Waals surface area contributed by atoms with Crippen molar-refractivity contribution < 1.29 is 0 Å².